The zero-order chi connectivity index (χ0) is 26.4. The van der Waals surface area contributed by atoms with Gasteiger partial charge >= 0.3 is 0 Å². The molecule has 3 aromatic rings. The average molecular weight is 542 g/mol. The first-order valence-corrected chi connectivity index (χ1v) is 13.3. The fourth-order valence-electron chi connectivity index (χ4n) is 4.26. The number of nitro groups is 1. The number of carbonyl (C=O) groups is 2. The summed E-state index contributed by atoms with van der Waals surface area (Å²) in [7, 11) is 0. The van der Waals surface area contributed by atoms with Crippen LogP contribution in [0.3, 0.4) is 0 Å². The summed E-state index contributed by atoms with van der Waals surface area (Å²) in [6, 6.07) is 15.7. The summed E-state index contributed by atoms with van der Waals surface area (Å²) in [4.78, 5) is 42.3. The first-order valence-electron chi connectivity index (χ1n) is 12.0. The monoisotopic (exact) mass is 541 g/mol. The largest absolute Gasteiger partial charge is 0.376 e. The molecule has 4 rings (SSSR count). The number of aryl methyl sites for hydroxylation is 1. The molecular formula is C27H28ClN3O5S. The van der Waals surface area contributed by atoms with Crippen molar-refractivity contribution < 1.29 is 19.2 Å². The Bertz CT molecular complexity index is 1260. The Labute approximate surface area is 224 Å². The van der Waals surface area contributed by atoms with Crippen LogP contribution in [0.1, 0.15) is 39.2 Å². The van der Waals surface area contributed by atoms with Crippen molar-refractivity contribution in [2.45, 2.75) is 39.0 Å². The average Bonchev–Trinajstić information content (AvgIpc) is 3.55. The van der Waals surface area contributed by atoms with E-state index in [1.165, 1.54) is 17.0 Å². The van der Waals surface area contributed by atoms with Crippen LogP contribution in [0, 0.1) is 17.0 Å². The van der Waals surface area contributed by atoms with Gasteiger partial charge in [0.05, 0.1) is 17.6 Å². The molecule has 0 bridgehead atoms. The fraction of sp³-hybridized carbons (Fsp3) is 0.333. The summed E-state index contributed by atoms with van der Waals surface area (Å²) >= 11 is 7.54. The maximum atomic E-state index is 13.7. The minimum atomic E-state index is -0.625. The summed E-state index contributed by atoms with van der Waals surface area (Å²) < 4.78 is 5.74. The highest BCUT2D eigenvalue weighted by atomic mass is 35.5. The molecule has 1 saturated heterocycles. The molecule has 1 fully saturated rings. The van der Waals surface area contributed by atoms with Crippen molar-refractivity contribution in [2.75, 3.05) is 19.7 Å². The number of hydrogen-bond acceptors (Lipinski definition) is 6. The second-order valence-corrected chi connectivity index (χ2v) is 10.4. The van der Waals surface area contributed by atoms with Crippen molar-refractivity contribution in [1.29, 1.82) is 0 Å². The van der Waals surface area contributed by atoms with E-state index >= 15 is 0 Å². The van der Waals surface area contributed by atoms with Gasteiger partial charge in [-0.3, -0.25) is 19.7 Å². The summed E-state index contributed by atoms with van der Waals surface area (Å²) in [6.07, 6.45) is 1.47. The third-order valence-electron chi connectivity index (χ3n) is 6.32. The number of ether oxygens (including phenoxy) is 1. The van der Waals surface area contributed by atoms with Crippen molar-refractivity contribution >= 4 is 40.4 Å². The Morgan fingerprint density at radius 3 is 2.57 bits per heavy atom. The van der Waals surface area contributed by atoms with Gasteiger partial charge in [-0.05, 0) is 54.5 Å². The maximum absolute atomic E-state index is 13.7. The van der Waals surface area contributed by atoms with Crippen LogP contribution < -0.4 is 0 Å². The Balaban J connectivity index is 1.59. The normalized spacial score (nSPS) is 14.9. The van der Waals surface area contributed by atoms with Gasteiger partial charge in [-0.25, -0.2) is 0 Å². The molecule has 10 heteroatoms. The lowest BCUT2D eigenvalue weighted by Crippen LogP contribution is -2.45. The SMILES string of the molecule is Cc1ccsc1CN(Cc1ccccc1)C(=O)CN(CC1CCCO1)C(=O)c1ccc(Cl)c([N+](=O)[O-])c1. The second-order valence-electron chi connectivity index (χ2n) is 9.01. The standard InChI is InChI=1S/C27H28ClN3O5S/c1-19-11-13-37-25(19)17-29(15-20-6-3-2-4-7-20)26(32)18-30(16-22-8-5-12-36-22)27(33)21-9-10-23(28)24(14-21)31(34)35/h2-4,6-7,9-11,13-14,22H,5,8,12,15-18H2,1H3. The minimum absolute atomic E-state index is 0.0522. The highest BCUT2D eigenvalue weighted by Crippen LogP contribution is 2.26. The number of thiophene rings is 1. The van der Waals surface area contributed by atoms with Crippen LogP contribution in [0.4, 0.5) is 5.69 Å². The van der Waals surface area contributed by atoms with Gasteiger partial charge < -0.3 is 14.5 Å². The molecule has 8 nitrogen and oxygen atoms in total. The van der Waals surface area contributed by atoms with Gasteiger partial charge in [-0.1, -0.05) is 41.9 Å². The molecule has 0 aliphatic carbocycles. The van der Waals surface area contributed by atoms with Crippen LogP contribution >= 0.6 is 22.9 Å². The Kier molecular flexibility index (Phi) is 8.91. The van der Waals surface area contributed by atoms with E-state index < -0.39 is 10.8 Å². The van der Waals surface area contributed by atoms with Crippen LogP contribution in [0.25, 0.3) is 0 Å². The maximum Gasteiger partial charge on any atom is 0.288 e. The number of carbonyl (C=O) groups excluding carboxylic acids is 2. The highest BCUT2D eigenvalue weighted by molar-refractivity contribution is 7.10. The predicted molar refractivity (Wildman–Crippen MR) is 143 cm³/mol. The number of nitrogens with zero attached hydrogens (tertiary/aromatic N) is 3. The zero-order valence-corrected chi connectivity index (χ0v) is 22.0. The van der Waals surface area contributed by atoms with Crippen molar-refractivity contribution in [3.8, 4) is 0 Å². The molecule has 194 valence electrons. The number of rotatable bonds is 10. The molecule has 0 spiro atoms. The van der Waals surface area contributed by atoms with E-state index in [0.29, 0.717) is 19.7 Å². The Hall–Kier alpha value is -3.27. The van der Waals surface area contributed by atoms with Crippen molar-refractivity contribution in [3.05, 3.63) is 96.7 Å². The van der Waals surface area contributed by atoms with E-state index in [-0.39, 0.29) is 41.4 Å². The van der Waals surface area contributed by atoms with E-state index in [2.05, 4.69) is 0 Å². The summed E-state index contributed by atoms with van der Waals surface area (Å²) in [6.45, 7) is 3.48. The number of benzene rings is 2. The van der Waals surface area contributed by atoms with E-state index in [0.717, 1.165) is 34.9 Å². The topological polar surface area (TPSA) is 93.0 Å². The van der Waals surface area contributed by atoms with E-state index in [1.54, 1.807) is 16.2 Å². The van der Waals surface area contributed by atoms with Gasteiger partial charge in [0.1, 0.15) is 11.6 Å². The van der Waals surface area contributed by atoms with Gasteiger partial charge in [-0.2, -0.15) is 0 Å². The number of nitro benzene ring substituents is 1. The van der Waals surface area contributed by atoms with Crippen molar-refractivity contribution in [3.63, 3.8) is 0 Å². The molecule has 0 radical (unpaired) electrons. The molecule has 1 unspecified atom stereocenters. The highest BCUT2D eigenvalue weighted by Gasteiger charge is 2.28. The predicted octanol–water partition coefficient (Wildman–Crippen LogP) is 5.47. The van der Waals surface area contributed by atoms with Crippen LogP contribution in [0.5, 0.6) is 0 Å². The molecule has 37 heavy (non-hydrogen) atoms. The van der Waals surface area contributed by atoms with Gasteiger partial charge in [0.15, 0.2) is 0 Å². The number of amides is 2. The quantitative estimate of drug-likeness (QED) is 0.251. The van der Waals surface area contributed by atoms with Crippen LogP contribution in [0.2, 0.25) is 5.02 Å². The molecule has 1 aromatic heterocycles. The molecule has 1 atom stereocenters. The summed E-state index contributed by atoms with van der Waals surface area (Å²) in [5, 5.41) is 13.3. The molecule has 2 amide bonds. The Morgan fingerprint density at radius 2 is 1.92 bits per heavy atom. The van der Waals surface area contributed by atoms with Crippen molar-refractivity contribution in [2.24, 2.45) is 0 Å². The van der Waals surface area contributed by atoms with Crippen molar-refractivity contribution in [1.82, 2.24) is 9.80 Å². The molecule has 2 aromatic carbocycles. The second kappa shape index (κ2) is 12.3. The first-order chi connectivity index (χ1) is 17.8. The molecule has 1 aliphatic heterocycles. The third kappa shape index (κ3) is 6.94. The van der Waals surface area contributed by atoms with Gasteiger partial charge in [0.25, 0.3) is 11.6 Å². The molecule has 2 heterocycles. The summed E-state index contributed by atoms with van der Waals surface area (Å²) in [5.74, 6) is -0.693. The third-order valence-corrected chi connectivity index (χ3v) is 7.65. The summed E-state index contributed by atoms with van der Waals surface area (Å²) in [5.41, 5.74) is 1.84. The minimum Gasteiger partial charge on any atom is -0.376 e. The molecular weight excluding hydrogens is 514 g/mol. The Morgan fingerprint density at radius 1 is 1.14 bits per heavy atom. The van der Waals surface area contributed by atoms with E-state index in [9.17, 15) is 19.7 Å². The van der Waals surface area contributed by atoms with Gasteiger partial charge in [-0.15, -0.1) is 11.3 Å². The van der Waals surface area contributed by atoms with E-state index in [4.69, 9.17) is 16.3 Å². The smallest absolute Gasteiger partial charge is 0.288 e. The lowest BCUT2D eigenvalue weighted by atomic mass is 10.1. The lowest BCUT2D eigenvalue weighted by Gasteiger charge is -2.29. The zero-order valence-electron chi connectivity index (χ0n) is 20.5. The molecule has 0 N–H and O–H groups in total. The van der Waals surface area contributed by atoms with Gasteiger partial charge in [0.2, 0.25) is 5.91 Å². The van der Waals surface area contributed by atoms with Crippen LogP contribution in [0.15, 0.2) is 60.0 Å². The van der Waals surface area contributed by atoms with Crippen LogP contribution in [-0.2, 0) is 22.6 Å². The molecule has 1 aliphatic rings. The van der Waals surface area contributed by atoms with E-state index in [1.807, 2.05) is 48.7 Å². The lowest BCUT2D eigenvalue weighted by molar-refractivity contribution is -0.384. The van der Waals surface area contributed by atoms with Crippen LogP contribution in [-0.4, -0.2) is 52.3 Å². The fourth-order valence-corrected chi connectivity index (χ4v) is 5.37. The molecule has 0 saturated carbocycles. The number of hydrogen-bond donors (Lipinski definition) is 0. The first kappa shape index (κ1) is 26.8. The number of halogens is 1. The van der Waals surface area contributed by atoms with Gasteiger partial charge in [0, 0.05) is 36.2 Å².